The first kappa shape index (κ1) is 30.8. The predicted octanol–water partition coefficient (Wildman–Crippen LogP) is 6.49. The smallest absolute Gasteiger partial charge is 0.326 e. The van der Waals surface area contributed by atoms with Crippen LogP contribution in [0.15, 0.2) is 83.8 Å². The largest absolute Gasteiger partial charge is 0.464 e. The summed E-state index contributed by atoms with van der Waals surface area (Å²) < 4.78 is 34.2. The molecule has 4 rings (SSSR count). The van der Waals surface area contributed by atoms with E-state index in [9.17, 15) is 18.0 Å². The van der Waals surface area contributed by atoms with Crippen LogP contribution in [0.25, 0.3) is 10.8 Å². The molecule has 0 spiro atoms. The number of carbonyl (C=O) groups is 2. The quantitative estimate of drug-likeness (QED) is 0.151. The van der Waals surface area contributed by atoms with E-state index in [1.165, 1.54) is 18.2 Å². The summed E-state index contributed by atoms with van der Waals surface area (Å²) in [5.41, 5.74) is 1.82. The third-order valence-electron chi connectivity index (χ3n) is 6.41. The maximum absolute atomic E-state index is 14.0. The molecule has 0 atom stereocenters. The van der Waals surface area contributed by atoms with Gasteiger partial charge in [0.15, 0.2) is 0 Å². The van der Waals surface area contributed by atoms with Crippen LogP contribution in [0.4, 0.5) is 5.69 Å². The van der Waals surface area contributed by atoms with Crippen molar-refractivity contribution in [2.45, 2.75) is 31.2 Å². The van der Waals surface area contributed by atoms with Gasteiger partial charge in [-0.05, 0) is 59.8 Å². The number of hydrogen-bond acceptors (Lipinski definition) is 6. The molecule has 4 aromatic rings. The maximum atomic E-state index is 14.0. The first-order valence-corrected chi connectivity index (χ1v) is 15.3. The normalized spacial score (nSPS) is 11.1. The van der Waals surface area contributed by atoms with Gasteiger partial charge in [0.25, 0.3) is 15.9 Å². The van der Waals surface area contributed by atoms with Crippen LogP contribution in [0.5, 0.6) is 0 Å². The van der Waals surface area contributed by atoms with Crippen LogP contribution in [-0.2, 0) is 26.1 Å². The van der Waals surface area contributed by atoms with Crippen molar-refractivity contribution in [2.24, 2.45) is 0 Å². The fraction of sp³-hybridized carbons (Fsp3) is 0.194. The average molecular weight is 625 g/mol. The van der Waals surface area contributed by atoms with Crippen LogP contribution in [0.2, 0.25) is 10.0 Å². The van der Waals surface area contributed by atoms with Crippen molar-refractivity contribution in [2.75, 3.05) is 17.5 Å². The summed E-state index contributed by atoms with van der Waals surface area (Å²) in [7, 11) is -4.36. The first-order chi connectivity index (χ1) is 20.1. The van der Waals surface area contributed by atoms with E-state index in [0.717, 1.165) is 16.3 Å². The van der Waals surface area contributed by atoms with Gasteiger partial charge in [0.05, 0.1) is 28.8 Å². The topological polar surface area (TPSA) is 117 Å². The minimum Gasteiger partial charge on any atom is -0.464 e. The number of carbonyl (C=O) groups excluding carboxylic acids is 2. The Hall–Kier alpha value is -4.10. The summed E-state index contributed by atoms with van der Waals surface area (Å²) >= 11 is 12.2. The van der Waals surface area contributed by atoms with Crippen molar-refractivity contribution >= 4 is 61.6 Å². The number of unbranched alkanes of at least 4 members (excludes halogenated alkanes) is 1. The Bertz CT molecular complexity index is 1750. The van der Waals surface area contributed by atoms with Crippen molar-refractivity contribution in [3.63, 3.8) is 0 Å². The van der Waals surface area contributed by atoms with Crippen LogP contribution in [-0.4, -0.2) is 33.4 Å². The third kappa shape index (κ3) is 7.21. The molecule has 0 aliphatic rings. The molecule has 1 N–H and O–H groups in total. The van der Waals surface area contributed by atoms with E-state index in [2.05, 4.69) is 11.4 Å². The molecule has 0 saturated heterocycles. The highest BCUT2D eigenvalue weighted by Gasteiger charge is 2.30. The molecular weight excluding hydrogens is 597 g/mol. The number of nitrogens with zero attached hydrogens (tertiary/aromatic N) is 2. The second-order valence-corrected chi connectivity index (χ2v) is 12.1. The van der Waals surface area contributed by atoms with E-state index >= 15 is 0 Å². The molecule has 1 amide bonds. The van der Waals surface area contributed by atoms with E-state index in [4.69, 9.17) is 33.2 Å². The van der Waals surface area contributed by atoms with Crippen molar-refractivity contribution in [3.05, 3.63) is 106 Å². The van der Waals surface area contributed by atoms with Crippen molar-refractivity contribution in [1.82, 2.24) is 5.32 Å². The summed E-state index contributed by atoms with van der Waals surface area (Å²) in [5, 5.41) is 13.0. The van der Waals surface area contributed by atoms with Gasteiger partial charge in [0.1, 0.15) is 6.54 Å². The monoisotopic (exact) mass is 623 g/mol. The molecule has 0 aromatic heterocycles. The number of anilines is 1. The standard InChI is InChI=1S/C31H27Cl2N3O5S/c1-2-3-14-41-30(37)20-36(42(39,40)25-16-23(32)15-24(33)17-25)29-9-5-6-26-27(29)7-4-8-28(26)31(38)35-19-22-12-10-21(18-34)11-13-22/h4-13,15-17H,2-3,14,19-20H2,1H3,(H,35,38). The van der Waals surface area contributed by atoms with Gasteiger partial charge < -0.3 is 10.1 Å². The first-order valence-electron chi connectivity index (χ1n) is 13.1. The highest BCUT2D eigenvalue weighted by molar-refractivity contribution is 7.93. The van der Waals surface area contributed by atoms with Crippen LogP contribution in [0.3, 0.4) is 0 Å². The lowest BCUT2D eigenvalue weighted by atomic mass is 10.0. The fourth-order valence-corrected chi connectivity index (χ4v) is 6.44. The van der Waals surface area contributed by atoms with Gasteiger partial charge >= 0.3 is 5.97 Å². The number of nitriles is 1. The van der Waals surface area contributed by atoms with Gasteiger partial charge in [-0.1, -0.05) is 72.9 Å². The minimum absolute atomic E-state index is 0.116. The number of benzene rings is 4. The second kappa shape index (κ2) is 13.7. The SMILES string of the molecule is CCCCOC(=O)CN(c1cccc2c(C(=O)NCc3ccc(C#N)cc3)cccc12)S(=O)(=O)c1cc(Cl)cc(Cl)c1. The Balaban J connectivity index is 1.74. The number of hydrogen-bond donors (Lipinski definition) is 1. The van der Waals surface area contributed by atoms with Crippen LogP contribution < -0.4 is 9.62 Å². The zero-order valence-electron chi connectivity index (χ0n) is 22.6. The van der Waals surface area contributed by atoms with E-state index in [0.29, 0.717) is 28.3 Å². The summed E-state index contributed by atoms with van der Waals surface area (Å²) in [4.78, 5) is 25.9. The molecular formula is C31H27Cl2N3O5S. The number of halogens is 2. The molecule has 0 unspecified atom stereocenters. The Labute approximate surface area is 254 Å². The van der Waals surface area contributed by atoms with Gasteiger partial charge in [-0.25, -0.2) is 8.42 Å². The lowest BCUT2D eigenvalue weighted by Gasteiger charge is -2.25. The summed E-state index contributed by atoms with van der Waals surface area (Å²) in [6.45, 7) is 1.72. The van der Waals surface area contributed by atoms with Gasteiger partial charge in [0, 0.05) is 27.5 Å². The van der Waals surface area contributed by atoms with Gasteiger partial charge in [0.2, 0.25) is 0 Å². The van der Waals surface area contributed by atoms with Gasteiger partial charge in [-0.2, -0.15) is 5.26 Å². The van der Waals surface area contributed by atoms with Crippen molar-refractivity contribution < 1.29 is 22.7 Å². The average Bonchev–Trinajstić information content (AvgIpc) is 2.98. The van der Waals surface area contributed by atoms with E-state index in [1.54, 1.807) is 60.7 Å². The van der Waals surface area contributed by atoms with E-state index in [-0.39, 0.29) is 39.7 Å². The van der Waals surface area contributed by atoms with E-state index < -0.39 is 22.5 Å². The summed E-state index contributed by atoms with van der Waals surface area (Å²) in [6, 6.07) is 22.7. The predicted molar refractivity (Wildman–Crippen MR) is 163 cm³/mol. The van der Waals surface area contributed by atoms with E-state index in [1.807, 2.05) is 6.92 Å². The fourth-order valence-electron chi connectivity index (χ4n) is 4.28. The van der Waals surface area contributed by atoms with Crippen molar-refractivity contribution in [3.8, 4) is 6.07 Å². The molecule has 4 aromatic carbocycles. The Morgan fingerprint density at radius 2 is 1.62 bits per heavy atom. The number of esters is 1. The molecule has 0 heterocycles. The highest BCUT2D eigenvalue weighted by atomic mass is 35.5. The van der Waals surface area contributed by atoms with Crippen molar-refractivity contribution in [1.29, 1.82) is 5.26 Å². The van der Waals surface area contributed by atoms with Gasteiger partial charge in [-0.3, -0.25) is 13.9 Å². The molecule has 0 saturated carbocycles. The van der Waals surface area contributed by atoms with Gasteiger partial charge in [-0.15, -0.1) is 0 Å². The molecule has 8 nitrogen and oxygen atoms in total. The number of sulfonamides is 1. The van der Waals surface area contributed by atoms with Crippen LogP contribution in [0.1, 0.15) is 41.3 Å². The Morgan fingerprint density at radius 1 is 0.952 bits per heavy atom. The molecule has 0 bridgehead atoms. The highest BCUT2D eigenvalue weighted by Crippen LogP contribution is 2.34. The number of fused-ring (bicyclic) bond motifs is 1. The molecule has 0 aliphatic carbocycles. The number of ether oxygens (including phenoxy) is 1. The number of rotatable bonds is 11. The number of nitrogens with one attached hydrogen (secondary N) is 1. The molecule has 0 fully saturated rings. The Kier molecular flexibility index (Phi) is 10.1. The summed E-state index contributed by atoms with van der Waals surface area (Å²) in [5.74, 6) is -1.11. The zero-order chi connectivity index (χ0) is 30.3. The lowest BCUT2D eigenvalue weighted by Crippen LogP contribution is -2.37. The molecule has 216 valence electrons. The lowest BCUT2D eigenvalue weighted by molar-refractivity contribution is -0.141. The third-order valence-corrected chi connectivity index (χ3v) is 8.58. The molecule has 11 heteroatoms. The number of amides is 1. The van der Waals surface area contributed by atoms with Crippen LogP contribution in [0, 0.1) is 11.3 Å². The minimum atomic E-state index is -4.36. The van der Waals surface area contributed by atoms with Crippen LogP contribution >= 0.6 is 23.2 Å². The zero-order valence-corrected chi connectivity index (χ0v) is 25.0. The Morgan fingerprint density at radius 3 is 2.29 bits per heavy atom. The molecule has 0 radical (unpaired) electrons. The molecule has 0 aliphatic heterocycles. The summed E-state index contributed by atoms with van der Waals surface area (Å²) in [6.07, 6.45) is 1.44. The second-order valence-electron chi connectivity index (χ2n) is 9.36. The molecule has 42 heavy (non-hydrogen) atoms. The maximum Gasteiger partial charge on any atom is 0.326 e.